The van der Waals surface area contributed by atoms with Crippen molar-refractivity contribution in [3.05, 3.63) is 84.5 Å². The molecule has 0 saturated carbocycles. The lowest BCUT2D eigenvalue weighted by molar-refractivity contribution is -0.139. The number of benzene rings is 2. The Labute approximate surface area is 225 Å². The Hall–Kier alpha value is -3.85. The number of ether oxygens (including phenoxy) is 4. The number of para-hydroxylation sites is 1. The molecule has 1 aliphatic rings. The molecule has 2 heterocycles. The van der Waals surface area contributed by atoms with Crippen LogP contribution in [0.4, 0.5) is 0 Å². The van der Waals surface area contributed by atoms with Crippen molar-refractivity contribution >= 4 is 23.4 Å². The normalized spacial score (nSPS) is 15.2. The molecule has 3 aromatic rings. The molecule has 0 amide bonds. The lowest BCUT2D eigenvalue weighted by Crippen LogP contribution is -2.40. The van der Waals surface area contributed by atoms with Crippen LogP contribution in [0.25, 0.3) is 6.08 Å². The molecule has 38 heavy (non-hydrogen) atoms. The van der Waals surface area contributed by atoms with E-state index in [1.807, 2.05) is 57.2 Å². The fourth-order valence-electron chi connectivity index (χ4n) is 4.36. The first-order valence-corrected chi connectivity index (χ1v) is 13.4. The largest absolute Gasteiger partial charge is 0.493 e. The minimum atomic E-state index is -0.753. The van der Waals surface area contributed by atoms with Crippen LogP contribution in [0.15, 0.2) is 63.5 Å². The van der Waals surface area contributed by atoms with Gasteiger partial charge in [0.25, 0.3) is 5.56 Å². The third kappa shape index (κ3) is 5.38. The van der Waals surface area contributed by atoms with Gasteiger partial charge < -0.3 is 18.9 Å². The van der Waals surface area contributed by atoms with E-state index in [1.54, 1.807) is 37.7 Å². The molecule has 0 fully saturated rings. The van der Waals surface area contributed by atoms with Gasteiger partial charge in [0.05, 0.1) is 42.2 Å². The monoisotopic (exact) mass is 536 g/mol. The molecule has 8 nitrogen and oxygen atoms in total. The van der Waals surface area contributed by atoms with Crippen molar-refractivity contribution in [3.8, 4) is 17.2 Å². The van der Waals surface area contributed by atoms with Crippen LogP contribution in [0.1, 0.15) is 51.8 Å². The van der Waals surface area contributed by atoms with E-state index < -0.39 is 12.0 Å². The summed E-state index contributed by atoms with van der Waals surface area (Å²) in [5.74, 6) is 1.29. The van der Waals surface area contributed by atoms with Crippen LogP contribution in [0.2, 0.25) is 0 Å². The number of hydrogen-bond acceptors (Lipinski definition) is 8. The number of nitrogens with zero attached hydrogens (tertiary/aromatic N) is 2. The van der Waals surface area contributed by atoms with E-state index in [4.69, 9.17) is 18.9 Å². The fourth-order valence-corrected chi connectivity index (χ4v) is 5.40. The molecule has 1 atom stereocenters. The summed E-state index contributed by atoms with van der Waals surface area (Å²) in [5, 5.41) is 0. The highest BCUT2D eigenvalue weighted by Gasteiger charge is 2.35. The number of carbonyl (C=O) groups excluding carboxylic acids is 1. The first kappa shape index (κ1) is 27.2. The van der Waals surface area contributed by atoms with Crippen LogP contribution in [-0.4, -0.2) is 37.0 Å². The Morgan fingerprint density at radius 1 is 1.11 bits per heavy atom. The predicted octanol–water partition coefficient (Wildman–Crippen LogP) is 3.99. The molecule has 1 aromatic heterocycles. The minimum absolute atomic E-state index is 0.0993. The van der Waals surface area contributed by atoms with Crippen LogP contribution in [0.3, 0.4) is 0 Å². The highest BCUT2D eigenvalue weighted by molar-refractivity contribution is 7.07. The molecule has 9 heteroatoms. The SMILES string of the molecule is CCOC(=O)C1=C(C)N=c2s/c(=C\c3ccc(OC)c(OCC)c3)c(=O)n2[C@H]1c1ccccc1OC(C)C. The number of rotatable bonds is 9. The highest BCUT2D eigenvalue weighted by Crippen LogP contribution is 2.36. The topological polar surface area (TPSA) is 88.4 Å². The quantitative estimate of drug-likeness (QED) is 0.384. The van der Waals surface area contributed by atoms with Gasteiger partial charge in [-0.25, -0.2) is 9.79 Å². The molecule has 4 rings (SSSR count). The van der Waals surface area contributed by atoms with Crippen LogP contribution in [0.5, 0.6) is 17.2 Å². The number of aromatic nitrogens is 1. The highest BCUT2D eigenvalue weighted by atomic mass is 32.1. The van der Waals surface area contributed by atoms with Crippen molar-refractivity contribution in [2.24, 2.45) is 4.99 Å². The van der Waals surface area contributed by atoms with E-state index in [2.05, 4.69) is 4.99 Å². The van der Waals surface area contributed by atoms with Crippen LogP contribution >= 0.6 is 11.3 Å². The van der Waals surface area contributed by atoms with Gasteiger partial charge in [0, 0.05) is 5.56 Å². The van der Waals surface area contributed by atoms with Gasteiger partial charge in [-0.05, 0) is 64.5 Å². The predicted molar refractivity (Wildman–Crippen MR) is 147 cm³/mol. The molecule has 0 aliphatic carbocycles. The zero-order valence-electron chi connectivity index (χ0n) is 22.4. The van der Waals surface area contributed by atoms with Crippen LogP contribution in [-0.2, 0) is 9.53 Å². The second-order valence-electron chi connectivity index (χ2n) is 8.85. The summed E-state index contributed by atoms with van der Waals surface area (Å²) in [6.07, 6.45) is 1.70. The van der Waals surface area contributed by atoms with Gasteiger partial charge in [-0.15, -0.1) is 0 Å². The Balaban J connectivity index is 1.94. The average Bonchev–Trinajstić information content (AvgIpc) is 3.18. The van der Waals surface area contributed by atoms with Crippen LogP contribution in [0, 0.1) is 0 Å². The van der Waals surface area contributed by atoms with Crippen molar-refractivity contribution < 1.29 is 23.7 Å². The Bertz CT molecular complexity index is 1550. The van der Waals surface area contributed by atoms with E-state index in [0.717, 1.165) is 5.56 Å². The molecule has 0 radical (unpaired) electrons. The first-order valence-electron chi connectivity index (χ1n) is 12.5. The van der Waals surface area contributed by atoms with E-state index in [0.29, 0.717) is 50.0 Å². The Morgan fingerprint density at radius 2 is 1.87 bits per heavy atom. The number of esters is 1. The van der Waals surface area contributed by atoms with Crippen molar-refractivity contribution in [1.29, 1.82) is 0 Å². The second kappa shape index (κ2) is 11.7. The van der Waals surface area contributed by atoms with Gasteiger partial charge in [0.2, 0.25) is 0 Å². The maximum absolute atomic E-state index is 13.9. The maximum Gasteiger partial charge on any atom is 0.338 e. The molecule has 200 valence electrons. The third-order valence-corrected chi connectivity index (χ3v) is 6.86. The van der Waals surface area contributed by atoms with Gasteiger partial charge in [0.15, 0.2) is 16.3 Å². The number of allylic oxidation sites excluding steroid dienone is 1. The molecule has 0 bridgehead atoms. The second-order valence-corrected chi connectivity index (χ2v) is 9.86. The van der Waals surface area contributed by atoms with Crippen molar-refractivity contribution in [2.75, 3.05) is 20.3 Å². The summed E-state index contributed by atoms with van der Waals surface area (Å²) >= 11 is 1.26. The number of hydrogen-bond donors (Lipinski definition) is 0. The van der Waals surface area contributed by atoms with Crippen molar-refractivity contribution in [2.45, 2.75) is 46.8 Å². The molecule has 0 N–H and O–H groups in total. The fraction of sp³-hybridized carbons (Fsp3) is 0.345. The molecule has 0 spiro atoms. The Morgan fingerprint density at radius 3 is 2.55 bits per heavy atom. The molecule has 0 saturated heterocycles. The van der Waals surface area contributed by atoms with E-state index in [-0.39, 0.29) is 18.3 Å². The summed E-state index contributed by atoms with van der Waals surface area (Å²) in [7, 11) is 1.58. The van der Waals surface area contributed by atoms with E-state index >= 15 is 0 Å². The number of thiazole rings is 1. The van der Waals surface area contributed by atoms with Gasteiger partial charge in [0.1, 0.15) is 11.8 Å². The standard InChI is InChI=1S/C29H32N2O6S/c1-7-35-23-15-19(13-14-22(23)34-6)16-24-27(32)31-26(20-11-9-10-12-21(20)37-17(3)4)25(28(33)36-8-2)18(5)30-29(31)38-24/h9-17,26H,7-8H2,1-6H3/b24-16-/t26-/m0/s1. The molecule has 1 aliphatic heterocycles. The van der Waals surface area contributed by atoms with Gasteiger partial charge >= 0.3 is 5.97 Å². The summed E-state index contributed by atoms with van der Waals surface area (Å²) in [6, 6.07) is 12.2. The lowest BCUT2D eigenvalue weighted by atomic mass is 9.95. The smallest absolute Gasteiger partial charge is 0.338 e. The number of fused-ring (bicyclic) bond motifs is 1. The van der Waals surface area contributed by atoms with Crippen molar-refractivity contribution in [1.82, 2.24) is 4.57 Å². The maximum atomic E-state index is 13.9. The first-order chi connectivity index (χ1) is 18.3. The van der Waals surface area contributed by atoms with Gasteiger partial charge in [-0.2, -0.15) is 0 Å². The average molecular weight is 537 g/mol. The van der Waals surface area contributed by atoms with Crippen LogP contribution < -0.4 is 29.1 Å². The molecular formula is C29H32N2O6S. The summed E-state index contributed by atoms with van der Waals surface area (Å²) in [5.41, 5.74) is 2.02. The third-order valence-electron chi connectivity index (χ3n) is 5.88. The zero-order valence-corrected chi connectivity index (χ0v) is 23.3. The van der Waals surface area contributed by atoms with Crippen molar-refractivity contribution in [3.63, 3.8) is 0 Å². The van der Waals surface area contributed by atoms with Gasteiger partial charge in [-0.1, -0.05) is 35.6 Å². The number of methoxy groups -OCH3 is 1. The zero-order chi connectivity index (χ0) is 27.4. The Kier molecular flexibility index (Phi) is 8.36. The lowest BCUT2D eigenvalue weighted by Gasteiger charge is -2.26. The minimum Gasteiger partial charge on any atom is -0.493 e. The van der Waals surface area contributed by atoms with E-state index in [9.17, 15) is 9.59 Å². The molecule has 0 unspecified atom stereocenters. The molecule has 2 aromatic carbocycles. The summed E-state index contributed by atoms with van der Waals surface area (Å²) in [4.78, 5) is 32.2. The summed E-state index contributed by atoms with van der Waals surface area (Å²) < 4.78 is 24.6. The van der Waals surface area contributed by atoms with E-state index in [1.165, 1.54) is 11.3 Å². The molecular weight excluding hydrogens is 504 g/mol. The number of carbonyl (C=O) groups is 1. The summed E-state index contributed by atoms with van der Waals surface area (Å²) in [6.45, 7) is 9.96. The van der Waals surface area contributed by atoms with Gasteiger partial charge in [-0.3, -0.25) is 9.36 Å².